The van der Waals surface area contributed by atoms with Crippen molar-refractivity contribution in [2.24, 2.45) is 0 Å². The molecule has 3 aromatic rings. The molecule has 0 saturated carbocycles. The highest BCUT2D eigenvalue weighted by Crippen LogP contribution is 2.26. The van der Waals surface area contributed by atoms with Gasteiger partial charge in [0, 0.05) is 30.5 Å². The van der Waals surface area contributed by atoms with Crippen LogP contribution in [0.5, 0.6) is 5.75 Å². The Labute approximate surface area is 196 Å². The van der Waals surface area contributed by atoms with Crippen molar-refractivity contribution in [1.29, 1.82) is 0 Å². The first-order valence-electron chi connectivity index (χ1n) is 10.4. The van der Waals surface area contributed by atoms with Gasteiger partial charge in [0.1, 0.15) is 5.75 Å². The lowest BCUT2D eigenvalue weighted by Gasteiger charge is -2.10. The largest absolute Gasteiger partial charge is 0.497 e. The third-order valence-corrected chi connectivity index (χ3v) is 5.66. The zero-order chi connectivity index (χ0) is 23.6. The van der Waals surface area contributed by atoms with Crippen LogP contribution in [0.1, 0.15) is 13.3 Å². The third-order valence-electron chi connectivity index (χ3n) is 4.69. The van der Waals surface area contributed by atoms with E-state index in [0.717, 1.165) is 11.3 Å². The van der Waals surface area contributed by atoms with Crippen LogP contribution in [0.3, 0.4) is 0 Å². The number of benzene rings is 2. The summed E-state index contributed by atoms with van der Waals surface area (Å²) in [6.45, 7) is 2.83. The summed E-state index contributed by atoms with van der Waals surface area (Å²) < 4.78 is 12.4. The molecular formula is C23H27N5O4S. The maximum Gasteiger partial charge on any atom is 0.234 e. The number of thioether (sulfide) groups is 1. The summed E-state index contributed by atoms with van der Waals surface area (Å²) >= 11 is 1.30. The first-order valence-corrected chi connectivity index (χ1v) is 11.4. The summed E-state index contributed by atoms with van der Waals surface area (Å²) in [5.74, 6) is 1.39. The number of amides is 2. The van der Waals surface area contributed by atoms with Gasteiger partial charge in [0.05, 0.1) is 26.0 Å². The molecule has 174 valence electrons. The Morgan fingerprint density at radius 1 is 0.939 bits per heavy atom. The second-order valence-corrected chi connectivity index (χ2v) is 7.94. The predicted molar refractivity (Wildman–Crippen MR) is 129 cm³/mol. The third kappa shape index (κ3) is 6.80. The number of carbonyl (C=O) groups is 2. The van der Waals surface area contributed by atoms with Gasteiger partial charge < -0.3 is 20.1 Å². The van der Waals surface area contributed by atoms with E-state index in [9.17, 15) is 9.59 Å². The SMILES string of the molecule is CCC(=O)Nc1ccc(NC(=O)CSc2nnc(-c3ccc(OC)cc3)n2CCOC)cc1. The van der Waals surface area contributed by atoms with Crippen LogP contribution in [0.4, 0.5) is 11.4 Å². The van der Waals surface area contributed by atoms with Gasteiger partial charge in [0.15, 0.2) is 11.0 Å². The fraction of sp³-hybridized carbons (Fsp3) is 0.304. The molecule has 0 aliphatic rings. The number of hydrogen-bond donors (Lipinski definition) is 2. The number of rotatable bonds is 11. The quantitative estimate of drug-likeness (QED) is 0.413. The topological polar surface area (TPSA) is 107 Å². The smallest absolute Gasteiger partial charge is 0.234 e. The molecule has 9 nitrogen and oxygen atoms in total. The van der Waals surface area contributed by atoms with Crippen molar-refractivity contribution in [2.75, 3.05) is 37.2 Å². The first-order chi connectivity index (χ1) is 16.0. The second-order valence-electron chi connectivity index (χ2n) is 7.00. The van der Waals surface area contributed by atoms with Gasteiger partial charge in [-0.1, -0.05) is 18.7 Å². The summed E-state index contributed by atoms with van der Waals surface area (Å²) in [6, 6.07) is 14.6. The maximum absolute atomic E-state index is 12.5. The van der Waals surface area contributed by atoms with Gasteiger partial charge in [-0.2, -0.15) is 0 Å². The minimum absolute atomic E-state index is 0.0604. The van der Waals surface area contributed by atoms with Gasteiger partial charge in [-0.15, -0.1) is 10.2 Å². The van der Waals surface area contributed by atoms with E-state index in [1.165, 1.54) is 11.8 Å². The van der Waals surface area contributed by atoms with Crippen molar-refractivity contribution >= 4 is 35.0 Å². The molecule has 0 saturated heterocycles. The fourth-order valence-electron chi connectivity index (χ4n) is 2.95. The summed E-state index contributed by atoms with van der Waals surface area (Å²) in [5, 5.41) is 14.9. The van der Waals surface area contributed by atoms with Crippen LogP contribution in [-0.2, 0) is 20.9 Å². The van der Waals surface area contributed by atoms with Gasteiger partial charge in [0.2, 0.25) is 11.8 Å². The average Bonchev–Trinajstić information content (AvgIpc) is 3.25. The lowest BCUT2D eigenvalue weighted by atomic mass is 10.2. The van der Waals surface area contributed by atoms with Crippen LogP contribution in [0.15, 0.2) is 53.7 Å². The molecule has 10 heteroatoms. The monoisotopic (exact) mass is 469 g/mol. The van der Waals surface area contributed by atoms with Crippen molar-refractivity contribution in [3.8, 4) is 17.1 Å². The predicted octanol–water partition coefficient (Wildman–Crippen LogP) is 3.68. The fourth-order valence-corrected chi connectivity index (χ4v) is 3.71. The molecule has 2 N–H and O–H groups in total. The van der Waals surface area contributed by atoms with Crippen LogP contribution in [0.25, 0.3) is 11.4 Å². The van der Waals surface area contributed by atoms with Gasteiger partial charge in [0.25, 0.3) is 0 Å². The summed E-state index contributed by atoms with van der Waals surface area (Å²) in [7, 11) is 3.26. The molecule has 1 heterocycles. The summed E-state index contributed by atoms with van der Waals surface area (Å²) in [6.07, 6.45) is 0.408. The van der Waals surface area contributed by atoms with E-state index in [1.807, 2.05) is 28.8 Å². The molecule has 0 aliphatic heterocycles. The average molecular weight is 470 g/mol. The van der Waals surface area contributed by atoms with Crippen LogP contribution in [-0.4, -0.2) is 53.2 Å². The number of aromatic nitrogens is 3. The van der Waals surface area contributed by atoms with Crippen LogP contribution in [0, 0.1) is 0 Å². The molecule has 0 atom stereocenters. The Morgan fingerprint density at radius 2 is 1.58 bits per heavy atom. The normalized spacial score (nSPS) is 10.6. The Bertz CT molecular complexity index is 1070. The molecular weight excluding hydrogens is 442 g/mol. The van der Waals surface area contributed by atoms with Gasteiger partial charge in [-0.3, -0.25) is 14.2 Å². The van der Waals surface area contributed by atoms with Crippen molar-refractivity contribution in [3.63, 3.8) is 0 Å². The zero-order valence-electron chi connectivity index (χ0n) is 18.8. The van der Waals surface area contributed by atoms with E-state index in [1.54, 1.807) is 45.4 Å². The molecule has 0 fully saturated rings. The van der Waals surface area contributed by atoms with Crippen molar-refractivity contribution in [1.82, 2.24) is 14.8 Å². The van der Waals surface area contributed by atoms with E-state index in [2.05, 4.69) is 20.8 Å². The van der Waals surface area contributed by atoms with Crippen molar-refractivity contribution in [2.45, 2.75) is 25.0 Å². The number of nitrogens with one attached hydrogen (secondary N) is 2. The maximum atomic E-state index is 12.5. The number of nitrogens with zero attached hydrogens (tertiary/aromatic N) is 3. The van der Waals surface area contributed by atoms with Crippen LogP contribution >= 0.6 is 11.8 Å². The molecule has 0 radical (unpaired) electrons. The summed E-state index contributed by atoms with van der Waals surface area (Å²) in [4.78, 5) is 23.9. The van der Waals surface area contributed by atoms with Gasteiger partial charge in [-0.05, 0) is 48.5 Å². The lowest BCUT2D eigenvalue weighted by Crippen LogP contribution is -2.15. The van der Waals surface area contributed by atoms with Gasteiger partial charge >= 0.3 is 0 Å². The number of hydrogen-bond acceptors (Lipinski definition) is 7. The highest BCUT2D eigenvalue weighted by molar-refractivity contribution is 7.99. The molecule has 3 rings (SSSR count). The van der Waals surface area contributed by atoms with E-state index in [4.69, 9.17) is 9.47 Å². The Morgan fingerprint density at radius 3 is 2.15 bits per heavy atom. The number of methoxy groups -OCH3 is 2. The second kappa shape index (κ2) is 12.0. The Hall–Kier alpha value is -3.37. The molecule has 0 aliphatic carbocycles. The molecule has 2 amide bonds. The number of anilines is 2. The molecule has 0 bridgehead atoms. The van der Waals surface area contributed by atoms with Crippen molar-refractivity contribution in [3.05, 3.63) is 48.5 Å². The molecule has 0 spiro atoms. The number of carbonyl (C=O) groups excluding carboxylic acids is 2. The molecule has 33 heavy (non-hydrogen) atoms. The van der Waals surface area contributed by atoms with Gasteiger partial charge in [-0.25, -0.2) is 0 Å². The van der Waals surface area contributed by atoms with Crippen LogP contribution in [0.2, 0.25) is 0 Å². The van der Waals surface area contributed by atoms with E-state index in [0.29, 0.717) is 41.9 Å². The highest BCUT2D eigenvalue weighted by atomic mass is 32.2. The van der Waals surface area contributed by atoms with E-state index in [-0.39, 0.29) is 17.6 Å². The van der Waals surface area contributed by atoms with E-state index >= 15 is 0 Å². The zero-order valence-corrected chi connectivity index (χ0v) is 19.6. The number of ether oxygens (including phenoxy) is 2. The summed E-state index contributed by atoms with van der Waals surface area (Å²) in [5.41, 5.74) is 2.23. The van der Waals surface area contributed by atoms with Crippen LogP contribution < -0.4 is 15.4 Å². The highest BCUT2D eigenvalue weighted by Gasteiger charge is 2.16. The molecule has 0 unspecified atom stereocenters. The standard InChI is InChI=1S/C23H27N5O4S/c1-4-20(29)24-17-7-9-18(10-8-17)25-21(30)15-33-23-27-26-22(28(23)13-14-31-2)16-5-11-19(32-3)12-6-16/h5-12H,4,13-15H2,1-3H3,(H,24,29)(H,25,30). The minimum Gasteiger partial charge on any atom is -0.497 e. The van der Waals surface area contributed by atoms with E-state index < -0.39 is 0 Å². The molecule has 2 aromatic carbocycles. The Kier molecular flexibility index (Phi) is 8.85. The molecule has 1 aromatic heterocycles. The Balaban J connectivity index is 1.64. The van der Waals surface area contributed by atoms with Crippen molar-refractivity contribution < 1.29 is 19.1 Å². The lowest BCUT2D eigenvalue weighted by molar-refractivity contribution is -0.116. The minimum atomic E-state index is -0.169. The first kappa shape index (κ1) is 24.3.